The molecule has 0 unspecified atom stereocenters. The molecule has 0 fully saturated rings. The van der Waals surface area contributed by atoms with Crippen LogP contribution in [0.2, 0.25) is 10.3 Å². The van der Waals surface area contributed by atoms with Gasteiger partial charge >= 0.3 is 0 Å². The number of carbonyl (C=O) groups is 1. The van der Waals surface area contributed by atoms with Gasteiger partial charge in [0.25, 0.3) is 5.91 Å². The molecule has 0 saturated carbocycles. The molecule has 0 spiro atoms. The third-order valence-electron chi connectivity index (χ3n) is 2.69. The first-order valence-electron chi connectivity index (χ1n) is 6.05. The van der Waals surface area contributed by atoms with Crippen molar-refractivity contribution in [2.75, 3.05) is 13.1 Å². The van der Waals surface area contributed by atoms with E-state index in [-0.39, 0.29) is 12.5 Å². The topological polar surface area (TPSA) is 57.6 Å². The van der Waals surface area contributed by atoms with Crippen LogP contribution in [0, 0.1) is 0 Å². The van der Waals surface area contributed by atoms with Gasteiger partial charge in [-0.05, 0) is 18.6 Å². The number of hydrogen-bond acceptors (Lipinski definition) is 4. The molecule has 1 N–H and O–H groups in total. The molecule has 1 amide bonds. The van der Waals surface area contributed by atoms with E-state index in [4.69, 9.17) is 23.2 Å². The molecule has 1 aromatic heterocycles. The summed E-state index contributed by atoms with van der Waals surface area (Å²) in [6.07, 6.45) is 1.95. The standard InChI is InChI=1S/C12H14Cl2N4O/c1-2-3-4-18-11(19)7-15-12(17-18)8-5-9(13)16-10(14)6-8/h5-6H,2-4,7H2,1H3,(H,15,17). The predicted molar refractivity (Wildman–Crippen MR) is 75.4 cm³/mol. The van der Waals surface area contributed by atoms with Gasteiger partial charge in [0.05, 0.1) is 0 Å². The third-order valence-corrected chi connectivity index (χ3v) is 3.07. The number of nitrogens with one attached hydrogen (secondary N) is 1. The van der Waals surface area contributed by atoms with Gasteiger partial charge in [0.2, 0.25) is 0 Å². The van der Waals surface area contributed by atoms with Crippen molar-refractivity contribution in [2.45, 2.75) is 19.8 Å². The average Bonchev–Trinajstić information content (AvgIpc) is 2.36. The van der Waals surface area contributed by atoms with E-state index in [0.29, 0.717) is 22.7 Å². The Morgan fingerprint density at radius 3 is 2.68 bits per heavy atom. The number of nitrogens with zero attached hydrogens (tertiary/aromatic N) is 3. The maximum atomic E-state index is 11.7. The summed E-state index contributed by atoms with van der Waals surface area (Å²) in [5, 5.41) is 2.17. The van der Waals surface area contributed by atoms with Crippen molar-refractivity contribution in [1.82, 2.24) is 15.4 Å². The van der Waals surface area contributed by atoms with Crippen molar-refractivity contribution in [3.63, 3.8) is 0 Å². The van der Waals surface area contributed by atoms with Gasteiger partial charge in [-0.2, -0.15) is 0 Å². The van der Waals surface area contributed by atoms with E-state index in [9.17, 15) is 4.79 Å². The zero-order chi connectivity index (χ0) is 13.8. The Hall–Kier alpha value is -1.33. The number of pyridine rings is 1. The van der Waals surface area contributed by atoms with Crippen LogP contribution in [-0.2, 0) is 4.79 Å². The number of rotatable bonds is 4. The molecule has 5 nitrogen and oxygen atoms in total. The third kappa shape index (κ3) is 3.58. The molecule has 0 bridgehead atoms. The van der Waals surface area contributed by atoms with Gasteiger partial charge < -0.3 is 0 Å². The van der Waals surface area contributed by atoms with E-state index < -0.39 is 0 Å². The second-order valence-corrected chi connectivity index (χ2v) is 4.95. The lowest BCUT2D eigenvalue weighted by Crippen LogP contribution is -2.51. The number of carbonyl (C=O) groups excluding carboxylic acids is 1. The monoisotopic (exact) mass is 300 g/mol. The molecular weight excluding hydrogens is 287 g/mol. The van der Waals surface area contributed by atoms with E-state index in [2.05, 4.69) is 22.3 Å². The smallest absolute Gasteiger partial charge is 0.262 e. The largest absolute Gasteiger partial charge is 0.279 e. The Balaban J connectivity index is 2.18. The molecule has 1 aromatic rings. The number of amides is 1. The van der Waals surface area contributed by atoms with Crippen molar-refractivity contribution in [3.8, 4) is 0 Å². The zero-order valence-corrected chi connectivity index (χ0v) is 12.0. The van der Waals surface area contributed by atoms with Crippen LogP contribution in [0.15, 0.2) is 17.1 Å². The molecular formula is C12H14Cl2N4O. The normalized spacial score (nSPS) is 15.2. The Bertz CT molecular complexity index is 498. The predicted octanol–water partition coefficient (Wildman–Crippen LogP) is 2.28. The fraction of sp³-hybridized carbons (Fsp3) is 0.417. The van der Waals surface area contributed by atoms with E-state index >= 15 is 0 Å². The van der Waals surface area contributed by atoms with E-state index in [1.165, 1.54) is 0 Å². The molecule has 102 valence electrons. The summed E-state index contributed by atoms with van der Waals surface area (Å²) in [6, 6.07) is 3.32. The molecule has 0 saturated heterocycles. The van der Waals surface area contributed by atoms with Gasteiger partial charge in [0.15, 0.2) is 0 Å². The fourth-order valence-electron chi connectivity index (χ4n) is 1.71. The number of hydrogen-bond donors (Lipinski definition) is 1. The zero-order valence-electron chi connectivity index (χ0n) is 10.5. The van der Waals surface area contributed by atoms with Crippen LogP contribution in [0.4, 0.5) is 0 Å². The number of hydrazine groups is 1. The lowest BCUT2D eigenvalue weighted by atomic mass is 10.2. The van der Waals surface area contributed by atoms with Crippen LogP contribution in [0.1, 0.15) is 25.3 Å². The maximum Gasteiger partial charge on any atom is 0.262 e. The SMILES string of the molecule is CCCCN1NC(c2cc(Cl)nc(Cl)c2)=NCC1=O. The second-order valence-electron chi connectivity index (χ2n) is 4.18. The highest BCUT2D eigenvalue weighted by Crippen LogP contribution is 2.16. The van der Waals surface area contributed by atoms with Gasteiger partial charge in [-0.15, -0.1) is 0 Å². The summed E-state index contributed by atoms with van der Waals surface area (Å²) in [7, 11) is 0. The summed E-state index contributed by atoms with van der Waals surface area (Å²) in [6.45, 7) is 2.86. The summed E-state index contributed by atoms with van der Waals surface area (Å²) in [5.41, 5.74) is 3.72. The van der Waals surface area contributed by atoms with Crippen molar-refractivity contribution in [3.05, 3.63) is 28.0 Å². The molecule has 1 aliphatic rings. The molecule has 0 aromatic carbocycles. The van der Waals surface area contributed by atoms with Gasteiger partial charge in [-0.25, -0.2) is 4.98 Å². The van der Waals surface area contributed by atoms with E-state index in [0.717, 1.165) is 18.4 Å². The van der Waals surface area contributed by atoms with Gasteiger partial charge in [-0.3, -0.25) is 20.2 Å². The molecule has 0 aliphatic carbocycles. The Morgan fingerprint density at radius 1 is 1.37 bits per heavy atom. The number of halogens is 2. The number of unbranched alkanes of at least 4 members (excludes halogenated alkanes) is 1. The minimum atomic E-state index is -0.0385. The van der Waals surface area contributed by atoms with Crippen molar-refractivity contribution >= 4 is 34.9 Å². The lowest BCUT2D eigenvalue weighted by Gasteiger charge is -2.28. The molecule has 1 aliphatic heterocycles. The van der Waals surface area contributed by atoms with Gasteiger partial charge in [0.1, 0.15) is 22.7 Å². The Morgan fingerprint density at radius 2 is 2.05 bits per heavy atom. The fourth-order valence-corrected chi connectivity index (χ4v) is 2.17. The van der Waals surface area contributed by atoms with Gasteiger partial charge in [0, 0.05) is 12.1 Å². The first kappa shape index (κ1) is 14.1. The van der Waals surface area contributed by atoms with Crippen LogP contribution in [0.5, 0.6) is 0 Å². The quantitative estimate of drug-likeness (QED) is 0.868. The van der Waals surface area contributed by atoms with E-state index in [1.807, 2.05) is 0 Å². The molecule has 7 heteroatoms. The number of amidine groups is 1. The van der Waals surface area contributed by atoms with Crippen LogP contribution in [0.25, 0.3) is 0 Å². The first-order chi connectivity index (χ1) is 9.10. The minimum absolute atomic E-state index is 0.0385. The molecule has 2 rings (SSSR count). The number of aliphatic imine (C=N–C) groups is 1. The van der Waals surface area contributed by atoms with Gasteiger partial charge in [-0.1, -0.05) is 36.5 Å². The second kappa shape index (κ2) is 6.21. The van der Waals surface area contributed by atoms with Crippen LogP contribution in [-0.4, -0.2) is 34.8 Å². The highest BCUT2D eigenvalue weighted by molar-refractivity contribution is 6.33. The summed E-state index contributed by atoms with van der Waals surface area (Å²) in [4.78, 5) is 19.8. The highest BCUT2D eigenvalue weighted by Gasteiger charge is 2.20. The average molecular weight is 301 g/mol. The van der Waals surface area contributed by atoms with Crippen molar-refractivity contribution < 1.29 is 4.79 Å². The molecule has 0 radical (unpaired) electrons. The molecule has 19 heavy (non-hydrogen) atoms. The van der Waals surface area contributed by atoms with Crippen LogP contribution >= 0.6 is 23.2 Å². The Kier molecular flexibility index (Phi) is 4.61. The minimum Gasteiger partial charge on any atom is -0.279 e. The highest BCUT2D eigenvalue weighted by atomic mass is 35.5. The summed E-state index contributed by atoms with van der Waals surface area (Å²) < 4.78 is 0. The summed E-state index contributed by atoms with van der Waals surface area (Å²) in [5.74, 6) is 0.547. The van der Waals surface area contributed by atoms with Crippen LogP contribution in [0.3, 0.4) is 0 Å². The lowest BCUT2D eigenvalue weighted by molar-refractivity contribution is -0.132. The van der Waals surface area contributed by atoms with E-state index in [1.54, 1.807) is 17.1 Å². The first-order valence-corrected chi connectivity index (χ1v) is 6.80. The van der Waals surface area contributed by atoms with Crippen molar-refractivity contribution in [2.24, 2.45) is 4.99 Å². The number of aromatic nitrogens is 1. The summed E-state index contributed by atoms with van der Waals surface area (Å²) >= 11 is 11.7. The molecule has 2 heterocycles. The van der Waals surface area contributed by atoms with Crippen LogP contribution < -0.4 is 5.43 Å². The van der Waals surface area contributed by atoms with Crippen molar-refractivity contribution in [1.29, 1.82) is 0 Å². The maximum absolute atomic E-state index is 11.7. The molecule has 0 atom stereocenters. The Labute approximate surface area is 121 Å².